The van der Waals surface area contributed by atoms with E-state index in [2.05, 4.69) is 34.4 Å². The zero-order chi connectivity index (χ0) is 14.7. The van der Waals surface area contributed by atoms with Crippen LogP contribution < -0.4 is 5.32 Å². The van der Waals surface area contributed by atoms with Gasteiger partial charge < -0.3 is 5.32 Å². The van der Waals surface area contributed by atoms with Gasteiger partial charge in [0.05, 0.1) is 5.01 Å². The van der Waals surface area contributed by atoms with Crippen LogP contribution in [0.1, 0.15) is 63.3 Å². The fourth-order valence-electron chi connectivity index (χ4n) is 4.12. The summed E-state index contributed by atoms with van der Waals surface area (Å²) in [5, 5.41) is 7.31. The molecule has 118 valence electrons. The van der Waals surface area contributed by atoms with Gasteiger partial charge in [0, 0.05) is 48.7 Å². The number of aromatic nitrogens is 1. The van der Waals surface area contributed by atoms with Crippen molar-refractivity contribution in [1.29, 1.82) is 0 Å². The van der Waals surface area contributed by atoms with Crippen LogP contribution in [0.3, 0.4) is 0 Å². The molecular weight excluding hydrogens is 278 g/mol. The van der Waals surface area contributed by atoms with E-state index < -0.39 is 0 Å². The van der Waals surface area contributed by atoms with Crippen LogP contribution in [0.4, 0.5) is 0 Å². The Morgan fingerprint density at radius 3 is 2.90 bits per heavy atom. The number of hydrogen-bond donors (Lipinski definition) is 1. The zero-order valence-corrected chi connectivity index (χ0v) is 14.3. The molecule has 1 aromatic heterocycles. The minimum absolute atomic E-state index is 0.409. The maximum absolute atomic E-state index is 4.51. The minimum Gasteiger partial charge on any atom is -0.308 e. The fourth-order valence-corrected chi connectivity index (χ4v) is 4.81. The number of thiazole rings is 1. The summed E-state index contributed by atoms with van der Waals surface area (Å²) in [6.45, 7) is 8.23. The van der Waals surface area contributed by atoms with Gasteiger partial charge in [-0.2, -0.15) is 0 Å². The van der Waals surface area contributed by atoms with Gasteiger partial charge in [0.1, 0.15) is 0 Å². The van der Waals surface area contributed by atoms with Crippen LogP contribution in [0.2, 0.25) is 0 Å². The van der Waals surface area contributed by atoms with E-state index in [1.165, 1.54) is 56.6 Å². The molecule has 1 aliphatic carbocycles. The van der Waals surface area contributed by atoms with E-state index in [-0.39, 0.29) is 0 Å². The quantitative estimate of drug-likeness (QED) is 0.920. The highest BCUT2D eigenvalue weighted by atomic mass is 32.1. The predicted molar refractivity (Wildman–Crippen MR) is 90.0 cm³/mol. The van der Waals surface area contributed by atoms with Gasteiger partial charge in [-0.1, -0.05) is 33.1 Å². The lowest BCUT2D eigenvalue weighted by molar-refractivity contribution is 0.0506. The molecule has 1 saturated heterocycles. The first-order valence-corrected chi connectivity index (χ1v) is 9.49. The number of rotatable bonds is 4. The molecule has 21 heavy (non-hydrogen) atoms. The van der Waals surface area contributed by atoms with Crippen molar-refractivity contribution in [3.63, 3.8) is 0 Å². The van der Waals surface area contributed by atoms with Crippen LogP contribution in [0, 0.1) is 0 Å². The van der Waals surface area contributed by atoms with E-state index >= 15 is 0 Å². The van der Waals surface area contributed by atoms with E-state index in [1.54, 1.807) is 11.3 Å². The summed E-state index contributed by atoms with van der Waals surface area (Å²) in [5.74, 6) is 0.554. The molecule has 2 heterocycles. The molecule has 4 heteroatoms. The first-order valence-electron chi connectivity index (χ1n) is 8.61. The average molecular weight is 308 g/mol. The van der Waals surface area contributed by atoms with E-state index in [0.29, 0.717) is 17.5 Å². The van der Waals surface area contributed by atoms with Crippen LogP contribution in [0.5, 0.6) is 0 Å². The molecule has 0 aromatic carbocycles. The summed E-state index contributed by atoms with van der Waals surface area (Å²) in [6.07, 6.45) is 10.1. The van der Waals surface area contributed by atoms with Crippen molar-refractivity contribution in [3.05, 3.63) is 16.6 Å². The summed E-state index contributed by atoms with van der Waals surface area (Å²) in [5.41, 5.74) is 0.409. The molecule has 1 N–H and O–H groups in total. The third-order valence-corrected chi connectivity index (χ3v) is 6.41. The lowest BCUT2D eigenvalue weighted by atomic mass is 9.79. The normalized spacial score (nSPS) is 27.8. The summed E-state index contributed by atoms with van der Waals surface area (Å²) in [4.78, 5) is 7.27. The van der Waals surface area contributed by atoms with Gasteiger partial charge >= 0.3 is 0 Å². The smallest absolute Gasteiger partial charge is 0.0965 e. The van der Waals surface area contributed by atoms with Crippen LogP contribution in [0.25, 0.3) is 0 Å². The van der Waals surface area contributed by atoms with Gasteiger partial charge in [-0.25, -0.2) is 4.98 Å². The van der Waals surface area contributed by atoms with Gasteiger partial charge in [0.25, 0.3) is 0 Å². The van der Waals surface area contributed by atoms with Gasteiger partial charge in [0.2, 0.25) is 0 Å². The highest BCUT2D eigenvalue weighted by molar-refractivity contribution is 7.09. The zero-order valence-electron chi connectivity index (χ0n) is 13.5. The molecular formula is C17H29N3S. The maximum atomic E-state index is 4.51. The molecule has 0 bridgehead atoms. The number of nitrogens with zero attached hydrogens (tertiary/aromatic N) is 2. The van der Waals surface area contributed by atoms with Crippen molar-refractivity contribution in [3.8, 4) is 0 Å². The Labute approximate surface area is 133 Å². The number of hydrogen-bond acceptors (Lipinski definition) is 4. The van der Waals surface area contributed by atoms with E-state index in [9.17, 15) is 0 Å². The molecule has 3 rings (SSSR count). The third-order valence-electron chi connectivity index (χ3n) is 5.40. The highest BCUT2D eigenvalue weighted by Gasteiger charge is 2.39. The second kappa shape index (κ2) is 6.76. The summed E-state index contributed by atoms with van der Waals surface area (Å²) < 4.78 is 0. The first kappa shape index (κ1) is 15.4. The highest BCUT2D eigenvalue weighted by Crippen LogP contribution is 2.33. The van der Waals surface area contributed by atoms with Crippen molar-refractivity contribution in [2.75, 3.05) is 19.6 Å². The molecule has 2 fully saturated rings. The lowest BCUT2D eigenvalue weighted by Crippen LogP contribution is -2.65. The number of nitrogens with one attached hydrogen (secondary N) is 1. The van der Waals surface area contributed by atoms with Crippen LogP contribution in [-0.4, -0.2) is 41.1 Å². The molecule has 0 radical (unpaired) electrons. The molecule has 0 amide bonds. The summed E-state index contributed by atoms with van der Waals surface area (Å²) in [6, 6.07) is 0.694. The second-order valence-electron chi connectivity index (χ2n) is 6.98. The molecule has 1 saturated carbocycles. The molecule has 1 aliphatic heterocycles. The molecule has 2 unspecified atom stereocenters. The average Bonchev–Trinajstić information content (AvgIpc) is 3.03. The molecule has 2 aliphatic rings. The topological polar surface area (TPSA) is 28.2 Å². The SMILES string of the molecule is CCC1CNC2(CCCCC2)CN1CC(C)c1nccs1. The fraction of sp³-hybridized carbons (Fsp3) is 0.824. The van der Waals surface area contributed by atoms with Gasteiger partial charge in [-0.05, 0) is 19.3 Å². The molecule has 2 atom stereocenters. The summed E-state index contributed by atoms with van der Waals surface area (Å²) >= 11 is 1.80. The Hall–Kier alpha value is -0.450. The Morgan fingerprint density at radius 2 is 2.24 bits per heavy atom. The largest absolute Gasteiger partial charge is 0.308 e. The molecule has 3 nitrogen and oxygen atoms in total. The predicted octanol–water partition coefficient (Wildman–Crippen LogP) is 3.63. The van der Waals surface area contributed by atoms with Gasteiger partial charge in [-0.15, -0.1) is 11.3 Å². The number of piperazine rings is 1. The van der Waals surface area contributed by atoms with E-state index in [1.807, 2.05) is 6.20 Å². The standard InChI is InChI=1S/C17H29N3S/c1-3-15-11-19-17(7-5-4-6-8-17)13-20(15)12-14(2)16-18-9-10-21-16/h9-10,14-15,19H,3-8,11-13H2,1-2H3. The molecule has 1 aromatic rings. The van der Waals surface area contributed by atoms with Crippen molar-refractivity contribution in [2.45, 2.75) is 69.9 Å². The van der Waals surface area contributed by atoms with Crippen LogP contribution >= 0.6 is 11.3 Å². The maximum Gasteiger partial charge on any atom is 0.0965 e. The van der Waals surface area contributed by atoms with Crippen molar-refractivity contribution < 1.29 is 0 Å². The Bertz CT molecular complexity index is 425. The monoisotopic (exact) mass is 307 g/mol. The Morgan fingerprint density at radius 1 is 1.43 bits per heavy atom. The third kappa shape index (κ3) is 3.49. The second-order valence-corrected chi connectivity index (χ2v) is 7.91. The van der Waals surface area contributed by atoms with Crippen LogP contribution in [0.15, 0.2) is 11.6 Å². The van der Waals surface area contributed by atoms with Crippen LogP contribution in [-0.2, 0) is 0 Å². The molecule has 1 spiro atoms. The minimum atomic E-state index is 0.409. The Balaban J connectivity index is 1.67. The van der Waals surface area contributed by atoms with Gasteiger partial charge in [-0.3, -0.25) is 4.90 Å². The van der Waals surface area contributed by atoms with Crippen molar-refractivity contribution >= 4 is 11.3 Å². The van der Waals surface area contributed by atoms with Gasteiger partial charge in [0.15, 0.2) is 0 Å². The van der Waals surface area contributed by atoms with Crippen molar-refractivity contribution in [2.24, 2.45) is 0 Å². The lowest BCUT2D eigenvalue weighted by Gasteiger charge is -2.50. The van der Waals surface area contributed by atoms with E-state index in [0.717, 1.165) is 6.54 Å². The van der Waals surface area contributed by atoms with Crippen molar-refractivity contribution in [1.82, 2.24) is 15.2 Å². The summed E-state index contributed by atoms with van der Waals surface area (Å²) in [7, 11) is 0. The Kier molecular flexibility index (Phi) is 4.97. The van der Waals surface area contributed by atoms with E-state index in [4.69, 9.17) is 0 Å². The first-order chi connectivity index (χ1) is 10.2.